The summed E-state index contributed by atoms with van der Waals surface area (Å²) in [4.78, 5) is 16.0. The van der Waals surface area contributed by atoms with E-state index in [9.17, 15) is 4.79 Å². The molecule has 7 heteroatoms. The molecule has 22 heavy (non-hydrogen) atoms. The molecule has 0 unspecified atom stereocenters. The molecule has 0 saturated heterocycles. The largest absolute Gasteiger partial charge is 0.307 e. The predicted molar refractivity (Wildman–Crippen MR) is 87.6 cm³/mol. The fourth-order valence-electron chi connectivity index (χ4n) is 2.07. The number of nitrogens with zero attached hydrogens (tertiary/aromatic N) is 3. The zero-order valence-electron chi connectivity index (χ0n) is 11.5. The zero-order chi connectivity index (χ0) is 15.5. The van der Waals surface area contributed by atoms with Crippen LogP contribution in [0.4, 0.5) is 5.69 Å². The van der Waals surface area contributed by atoms with E-state index in [0.29, 0.717) is 34.5 Å². The van der Waals surface area contributed by atoms with Gasteiger partial charge < -0.3 is 5.32 Å². The highest BCUT2D eigenvalue weighted by atomic mass is 35.5. The van der Waals surface area contributed by atoms with E-state index < -0.39 is 0 Å². The topological polar surface area (TPSA) is 57.6 Å². The molecule has 0 aliphatic carbocycles. The number of carbonyl (C=O) groups is 1. The first-order valence-electron chi connectivity index (χ1n) is 6.66. The minimum Gasteiger partial charge on any atom is -0.307 e. The van der Waals surface area contributed by atoms with E-state index in [1.165, 1.54) is 0 Å². The van der Waals surface area contributed by atoms with Gasteiger partial charge in [-0.1, -0.05) is 29.3 Å². The number of rotatable bonds is 2. The number of aromatic nitrogens is 1. The van der Waals surface area contributed by atoms with Crippen LogP contribution in [-0.2, 0) is 0 Å². The molecule has 1 N–H and O–H groups in total. The number of hydrogen-bond donors (Lipinski definition) is 1. The zero-order valence-corrected chi connectivity index (χ0v) is 13.0. The van der Waals surface area contributed by atoms with E-state index in [0.717, 1.165) is 5.69 Å². The number of hydrogen-bond acceptors (Lipinski definition) is 4. The van der Waals surface area contributed by atoms with Gasteiger partial charge in [0.25, 0.3) is 5.91 Å². The number of benzene rings is 1. The number of halogens is 2. The SMILES string of the molecule is O=C(NC1=NN(c2ccc(Cl)c(Cl)c2)CC1)c1ccccn1. The van der Waals surface area contributed by atoms with Crippen LogP contribution in [0.25, 0.3) is 0 Å². The fourth-order valence-corrected chi connectivity index (χ4v) is 2.36. The molecule has 0 atom stereocenters. The summed E-state index contributed by atoms with van der Waals surface area (Å²) in [5, 5.41) is 9.90. The van der Waals surface area contributed by atoms with Crippen LogP contribution in [0, 0.1) is 0 Å². The molecular weight excluding hydrogens is 323 g/mol. The number of hydrazone groups is 1. The average Bonchev–Trinajstić information content (AvgIpc) is 2.99. The highest BCUT2D eigenvalue weighted by Crippen LogP contribution is 2.28. The molecule has 1 amide bonds. The highest BCUT2D eigenvalue weighted by Gasteiger charge is 2.19. The maximum absolute atomic E-state index is 12.0. The van der Waals surface area contributed by atoms with Crippen molar-refractivity contribution in [1.82, 2.24) is 10.3 Å². The predicted octanol–water partition coefficient (Wildman–Crippen LogP) is 3.34. The van der Waals surface area contributed by atoms with E-state index in [1.54, 1.807) is 41.5 Å². The van der Waals surface area contributed by atoms with Gasteiger partial charge in [0.15, 0.2) is 0 Å². The lowest BCUT2D eigenvalue weighted by Crippen LogP contribution is -2.29. The van der Waals surface area contributed by atoms with Gasteiger partial charge in [-0.05, 0) is 30.3 Å². The van der Waals surface area contributed by atoms with Crippen molar-refractivity contribution in [2.75, 3.05) is 11.6 Å². The van der Waals surface area contributed by atoms with Crippen molar-refractivity contribution in [1.29, 1.82) is 0 Å². The van der Waals surface area contributed by atoms with Crippen LogP contribution < -0.4 is 10.3 Å². The first-order valence-corrected chi connectivity index (χ1v) is 7.41. The molecule has 112 valence electrons. The Morgan fingerprint density at radius 3 is 2.77 bits per heavy atom. The summed E-state index contributed by atoms with van der Waals surface area (Å²) in [5.74, 6) is 0.331. The maximum atomic E-state index is 12.0. The summed E-state index contributed by atoms with van der Waals surface area (Å²) in [6.45, 7) is 0.662. The molecule has 1 aliphatic heterocycles. The molecule has 2 heterocycles. The number of anilines is 1. The Balaban J connectivity index is 1.72. The van der Waals surface area contributed by atoms with Gasteiger partial charge in [0.05, 0.1) is 15.7 Å². The first-order chi connectivity index (χ1) is 10.6. The van der Waals surface area contributed by atoms with Gasteiger partial charge in [-0.3, -0.25) is 14.8 Å². The molecule has 0 spiro atoms. The van der Waals surface area contributed by atoms with E-state index in [1.807, 2.05) is 6.07 Å². The van der Waals surface area contributed by atoms with Crippen LogP contribution in [0.5, 0.6) is 0 Å². The van der Waals surface area contributed by atoms with Gasteiger partial charge >= 0.3 is 0 Å². The molecule has 2 aromatic rings. The highest BCUT2D eigenvalue weighted by molar-refractivity contribution is 6.42. The second kappa shape index (κ2) is 6.34. The third kappa shape index (κ3) is 3.21. The lowest BCUT2D eigenvalue weighted by Gasteiger charge is -2.13. The summed E-state index contributed by atoms with van der Waals surface area (Å²) in [6, 6.07) is 10.5. The Hall–Kier alpha value is -2.11. The summed E-state index contributed by atoms with van der Waals surface area (Å²) in [7, 11) is 0. The minimum absolute atomic E-state index is 0.268. The molecule has 1 aromatic heterocycles. The Morgan fingerprint density at radius 2 is 2.05 bits per heavy atom. The maximum Gasteiger partial charge on any atom is 0.275 e. The van der Waals surface area contributed by atoms with Gasteiger partial charge in [-0.25, -0.2) is 0 Å². The van der Waals surface area contributed by atoms with Crippen LogP contribution in [-0.4, -0.2) is 23.3 Å². The van der Waals surface area contributed by atoms with Crippen LogP contribution in [0.1, 0.15) is 16.9 Å². The minimum atomic E-state index is -0.268. The van der Waals surface area contributed by atoms with Gasteiger partial charge in [-0.2, -0.15) is 5.10 Å². The van der Waals surface area contributed by atoms with Crippen molar-refractivity contribution >= 4 is 40.6 Å². The number of amides is 1. The third-order valence-corrected chi connectivity index (χ3v) is 3.90. The summed E-state index contributed by atoms with van der Waals surface area (Å²) < 4.78 is 0. The van der Waals surface area contributed by atoms with Gasteiger partial charge in [0.1, 0.15) is 11.5 Å². The van der Waals surface area contributed by atoms with Crippen molar-refractivity contribution in [2.24, 2.45) is 5.10 Å². The van der Waals surface area contributed by atoms with Crippen molar-refractivity contribution < 1.29 is 4.79 Å². The summed E-state index contributed by atoms with van der Waals surface area (Å²) >= 11 is 11.9. The number of pyridine rings is 1. The van der Waals surface area contributed by atoms with E-state index in [2.05, 4.69) is 15.4 Å². The average molecular weight is 335 g/mol. The molecule has 0 radical (unpaired) electrons. The van der Waals surface area contributed by atoms with E-state index in [-0.39, 0.29) is 5.91 Å². The van der Waals surface area contributed by atoms with Crippen LogP contribution in [0.15, 0.2) is 47.7 Å². The van der Waals surface area contributed by atoms with Crippen molar-refractivity contribution in [3.05, 3.63) is 58.3 Å². The smallest absolute Gasteiger partial charge is 0.275 e. The normalized spacial score (nSPS) is 13.9. The molecule has 0 saturated carbocycles. The number of nitrogens with one attached hydrogen (secondary N) is 1. The third-order valence-electron chi connectivity index (χ3n) is 3.16. The number of carbonyl (C=O) groups excluding carboxylic acids is 1. The van der Waals surface area contributed by atoms with E-state index in [4.69, 9.17) is 23.2 Å². The van der Waals surface area contributed by atoms with Gasteiger partial charge in [0, 0.05) is 19.2 Å². The summed E-state index contributed by atoms with van der Waals surface area (Å²) in [5.41, 5.74) is 1.19. The fraction of sp³-hybridized carbons (Fsp3) is 0.133. The van der Waals surface area contributed by atoms with Crippen LogP contribution in [0.3, 0.4) is 0 Å². The van der Waals surface area contributed by atoms with Crippen LogP contribution >= 0.6 is 23.2 Å². The van der Waals surface area contributed by atoms with E-state index >= 15 is 0 Å². The van der Waals surface area contributed by atoms with Gasteiger partial charge in [0.2, 0.25) is 0 Å². The Bertz CT molecular complexity index is 734. The number of amidine groups is 1. The Kier molecular flexibility index (Phi) is 4.27. The van der Waals surface area contributed by atoms with Crippen LogP contribution in [0.2, 0.25) is 10.0 Å². The Morgan fingerprint density at radius 1 is 1.18 bits per heavy atom. The lowest BCUT2D eigenvalue weighted by atomic mass is 10.3. The molecule has 1 aromatic carbocycles. The monoisotopic (exact) mass is 334 g/mol. The van der Waals surface area contributed by atoms with Gasteiger partial charge in [-0.15, -0.1) is 0 Å². The molecule has 1 aliphatic rings. The first kappa shape index (κ1) is 14.8. The van der Waals surface area contributed by atoms with Crippen molar-refractivity contribution in [3.63, 3.8) is 0 Å². The molecular formula is C15H12Cl2N4O. The molecule has 5 nitrogen and oxygen atoms in total. The molecule has 0 bridgehead atoms. The van der Waals surface area contributed by atoms with Crippen molar-refractivity contribution in [3.8, 4) is 0 Å². The summed E-state index contributed by atoms with van der Waals surface area (Å²) in [6.07, 6.45) is 2.21. The lowest BCUT2D eigenvalue weighted by molar-refractivity contribution is 0.0972. The molecule has 0 fully saturated rings. The second-order valence-electron chi connectivity index (χ2n) is 4.69. The second-order valence-corrected chi connectivity index (χ2v) is 5.50. The Labute approximate surface area is 137 Å². The quantitative estimate of drug-likeness (QED) is 0.916. The standard InChI is InChI=1S/C15H12Cl2N4O/c16-11-5-4-10(9-12(11)17)21-8-6-14(20-21)19-15(22)13-3-1-2-7-18-13/h1-5,7,9H,6,8H2,(H,19,20,22). The van der Waals surface area contributed by atoms with Crippen molar-refractivity contribution in [2.45, 2.75) is 6.42 Å². The molecule has 3 rings (SSSR count).